The van der Waals surface area contributed by atoms with Crippen LogP contribution in [-0.2, 0) is 4.74 Å². The Kier molecular flexibility index (Phi) is 3.93. The van der Waals surface area contributed by atoms with E-state index in [4.69, 9.17) is 4.74 Å². The van der Waals surface area contributed by atoms with Crippen LogP contribution in [0.4, 0.5) is 0 Å². The zero-order chi connectivity index (χ0) is 10.9. The maximum absolute atomic E-state index is 10.1. The van der Waals surface area contributed by atoms with Gasteiger partial charge in [0.25, 0.3) is 0 Å². The summed E-state index contributed by atoms with van der Waals surface area (Å²) in [5, 5.41) is 10.1. The SMILES string of the molecule is CC(C)C1O[C@H](C)C[C@H](N(C)C)[C@H]1O. The second kappa shape index (κ2) is 4.60. The minimum atomic E-state index is -0.360. The van der Waals surface area contributed by atoms with Crippen molar-refractivity contribution in [3.8, 4) is 0 Å². The number of nitrogens with zero attached hydrogens (tertiary/aromatic N) is 1. The van der Waals surface area contributed by atoms with Crippen LogP contribution in [0.25, 0.3) is 0 Å². The van der Waals surface area contributed by atoms with Crippen LogP contribution in [0.1, 0.15) is 27.2 Å². The number of rotatable bonds is 2. The van der Waals surface area contributed by atoms with E-state index in [0.29, 0.717) is 5.92 Å². The van der Waals surface area contributed by atoms with Crippen LogP contribution in [0.3, 0.4) is 0 Å². The molecular weight excluding hydrogens is 178 g/mol. The van der Waals surface area contributed by atoms with Crippen molar-refractivity contribution in [2.45, 2.75) is 51.5 Å². The number of aliphatic hydroxyl groups is 1. The molecule has 84 valence electrons. The molecule has 1 aliphatic rings. The number of likely N-dealkylation sites (N-methyl/N-ethyl adjacent to an activating group) is 1. The first-order valence-corrected chi connectivity index (χ1v) is 5.43. The van der Waals surface area contributed by atoms with Crippen molar-refractivity contribution in [3.63, 3.8) is 0 Å². The Morgan fingerprint density at radius 2 is 1.93 bits per heavy atom. The predicted octanol–water partition coefficient (Wildman–Crippen LogP) is 1.11. The third-order valence-corrected chi connectivity index (χ3v) is 3.01. The van der Waals surface area contributed by atoms with Crippen LogP contribution >= 0.6 is 0 Å². The molecule has 3 nitrogen and oxygen atoms in total. The second-order valence-corrected chi connectivity index (χ2v) is 4.91. The first-order chi connectivity index (χ1) is 6.43. The maximum Gasteiger partial charge on any atom is 0.0959 e. The van der Waals surface area contributed by atoms with Gasteiger partial charge in [0, 0.05) is 6.04 Å². The Morgan fingerprint density at radius 3 is 2.36 bits per heavy atom. The van der Waals surface area contributed by atoms with Crippen LogP contribution in [-0.4, -0.2) is 48.5 Å². The fraction of sp³-hybridized carbons (Fsp3) is 1.00. The Labute approximate surface area is 87.1 Å². The molecule has 0 aromatic carbocycles. The molecule has 1 unspecified atom stereocenters. The Morgan fingerprint density at radius 1 is 1.36 bits per heavy atom. The minimum Gasteiger partial charge on any atom is -0.389 e. The maximum atomic E-state index is 10.1. The van der Waals surface area contributed by atoms with E-state index in [0.717, 1.165) is 6.42 Å². The van der Waals surface area contributed by atoms with E-state index in [1.54, 1.807) is 0 Å². The van der Waals surface area contributed by atoms with E-state index in [1.807, 2.05) is 14.1 Å². The van der Waals surface area contributed by atoms with Crippen molar-refractivity contribution in [3.05, 3.63) is 0 Å². The highest BCUT2D eigenvalue weighted by Crippen LogP contribution is 2.27. The van der Waals surface area contributed by atoms with Gasteiger partial charge >= 0.3 is 0 Å². The van der Waals surface area contributed by atoms with Crippen molar-refractivity contribution in [2.75, 3.05) is 14.1 Å². The van der Waals surface area contributed by atoms with Crippen molar-refractivity contribution in [1.82, 2.24) is 4.90 Å². The molecule has 0 aromatic heterocycles. The van der Waals surface area contributed by atoms with E-state index in [9.17, 15) is 5.11 Å². The van der Waals surface area contributed by atoms with Gasteiger partial charge < -0.3 is 14.7 Å². The molecule has 1 N–H and O–H groups in total. The average molecular weight is 201 g/mol. The standard InChI is InChI=1S/C11H23NO2/c1-7(2)11-10(13)9(12(4)5)6-8(3)14-11/h7-11,13H,6H2,1-5H3/t8-,9+,10-,11?/m1/s1. The zero-order valence-electron chi connectivity index (χ0n) is 9.90. The molecule has 4 atom stereocenters. The minimum absolute atomic E-state index is 0.0221. The molecule has 0 spiro atoms. The molecule has 1 heterocycles. The van der Waals surface area contributed by atoms with Gasteiger partial charge in [-0.25, -0.2) is 0 Å². The van der Waals surface area contributed by atoms with Gasteiger partial charge in [-0.1, -0.05) is 13.8 Å². The average Bonchev–Trinajstić information content (AvgIpc) is 2.07. The van der Waals surface area contributed by atoms with E-state index in [-0.39, 0.29) is 24.4 Å². The summed E-state index contributed by atoms with van der Waals surface area (Å²) >= 11 is 0. The van der Waals surface area contributed by atoms with Crippen LogP contribution in [0, 0.1) is 5.92 Å². The highest BCUT2D eigenvalue weighted by molar-refractivity contribution is 4.90. The van der Waals surface area contributed by atoms with E-state index in [2.05, 4.69) is 25.7 Å². The molecule has 1 saturated heterocycles. The topological polar surface area (TPSA) is 32.7 Å². The Balaban J connectivity index is 2.70. The monoisotopic (exact) mass is 201 g/mol. The first-order valence-electron chi connectivity index (χ1n) is 5.43. The number of hydrogen-bond donors (Lipinski definition) is 1. The van der Waals surface area contributed by atoms with Gasteiger partial charge in [-0.2, -0.15) is 0 Å². The molecule has 1 aliphatic heterocycles. The van der Waals surface area contributed by atoms with Gasteiger partial charge in [-0.3, -0.25) is 0 Å². The van der Waals surface area contributed by atoms with Crippen molar-refractivity contribution in [2.24, 2.45) is 5.92 Å². The molecule has 0 amide bonds. The molecule has 0 saturated carbocycles. The van der Waals surface area contributed by atoms with Crippen LogP contribution < -0.4 is 0 Å². The molecular formula is C11H23NO2. The van der Waals surface area contributed by atoms with Crippen LogP contribution in [0.2, 0.25) is 0 Å². The first kappa shape index (κ1) is 12.0. The van der Waals surface area contributed by atoms with Crippen molar-refractivity contribution in [1.29, 1.82) is 0 Å². The van der Waals surface area contributed by atoms with Gasteiger partial charge in [0.05, 0.1) is 18.3 Å². The molecule has 14 heavy (non-hydrogen) atoms. The summed E-state index contributed by atoms with van der Waals surface area (Å²) in [6.07, 6.45) is 0.780. The number of aliphatic hydroxyl groups excluding tert-OH is 1. The summed E-state index contributed by atoms with van der Waals surface area (Å²) in [5.74, 6) is 0.371. The smallest absolute Gasteiger partial charge is 0.0959 e. The highest BCUT2D eigenvalue weighted by Gasteiger charge is 2.38. The zero-order valence-corrected chi connectivity index (χ0v) is 9.90. The summed E-state index contributed by atoms with van der Waals surface area (Å²) in [6.45, 7) is 6.27. The normalized spacial score (nSPS) is 39.4. The molecule has 1 rings (SSSR count). The van der Waals surface area contributed by atoms with Gasteiger partial charge in [-0.15, -0.1) is 0 Å². The highest BCUT2D eigenvalue weighted by atomic mass is 16.5. The molecule has 0 aromatic rings. The predicted molar refractivity (Wildman–Crippen MR) is 57.3 cm³/mol. The fourth-order valence-electron chi connectivity index (χ4n) is 2.17. The summed E-state index contributed by atoms with van der Waals surface area (Å²) < 4.78 is 5.76. The third-order valence-electron chi connectivity index (χ3n) is 3.01. The second-order valence-electron chi connectivity index (χ2n) is 4.91. The van der Waals surface area contributed by atoms with Gasteiger partial charge in [0.15, 0.2) is 0 Å². The molecule has 0 radical (unpaired) electrons. The van der Waals surface area contributed by atoms with Gasteiger partial charge in [-0.05, 0) is 33.4 Å². The lowest BCUT2D eigenvalue weighted by atomic mass is 9.89. The van der Waals surface area contributed by atoms with E-state index in [1.165, 1.54) is 0 Å². The van der Waals surface area contributed by atoms with Gasteiger partial charge in [0.2, 0.25) is 0 Å². The Hall–Kier alpha value is -0.120. The third kappa shape index (κ3) is 2.47. The molecule has 1 fully saturated rings. The molecule has 3 heteroatoms. The van der Waals surface area contributed by atoms with Crippen LogP contribution in [0.15, 0.2) is 0 Å². The Bertz CT molecular complexity index is 164. The van der Waals surface area contributed by atoms with Crippen molar-refractivity contribution >= 4 is 0 Å². The summed E-state index contributed by atoms with van der Waals surface area (Å²) in [6, 6.07) is 0.228. The van der Waals surface area contributed by atoms with Gasteiger partial charge in [0.1, 0.15) is 0 Å². The molecule has 0 bridgehead atoms. The largest absolute Gasteiger partial charge is 0.389 e. The van der Waals surface area contributed by atoms with E-state index >= 15 is 0 Å². The van der Waals surface area contributed by atoms with E-state index < -0.39 is 0 Å². The summed E-state index contributed by atoms with van der Waals surface area (Å²) in [4.78, 5) is 2.10. The number of ether oxygens (including phenoxy) is 1. The van der Waals surface area contributed by atoms with Crippen molar-refractivity contribution < 1.29 is 9.84 Å². The summed E-state index contributed by atoms with van der Waals surface area (Å²) in [7, 11) is 4.03. The lowest BCUT2D eigenvalue weighted by molar-refractivity contribution is -0.157. The lowest BCUT2D eigenvalue weighted by Crippen LogP contribution is -2.54. The molecule has 0 aliphatic carbocycles. The fourth-order valence-corrected chi connectivity index (χ4v) is 2.17. The quantitative estimate of drug-likeness (QED) is 0.726. The number of hydrogen-bond acceptors (Lipinski definition) is 3. The van der Waals surface area contributed by atoms with Crippen LogP contribution in [0.5, 0.6) is 0 Å². The summed E-state index contributed by atoms with van der Waals surface area (Å²) in [5.41, 5.74) is 0. The lowest BCUT2D eigenvalue weighted by Gasteiger charge is -2.42.